The summed E-state index contributed by atoms with van der Waals surface area (Å²) >= 11 is 0. The highest BCUT2D eigenvalue weighted by molar-refractivity contribution is 5.46. The van der Waals surface area contributed by atoms with Gasteiger partial charge in [-0.2, -0.15) is 0 Å². The molecule has 0 aliphatic carbocycles. The van der Waals surface area contributed by atoms with Crippen molar-refractivity contribution in [2.45, 2.75) is 6.42 Å². The third-order valence-corrected chi connectivity index (χ3v) is 2.71. The lowest BCUT2D eigenvalue weighted by atomic mass is 10.0. The van der Waals surface area contributed by atoms with E-state index in [0.717, 1.165) is 24.3 Å². The molecule has 0 aliphatic heterocycles. The monoisotopic (exact) mass is 270 g/mol. The van der Waals surface area contributed by atoms with Gasteiger partial charge in [0.1, 0.15) is 23.3 Å². The van der Waals surface area contributed by atoms with Crippen LogP contribution in [0.25, 0.3) is 0 Å². The highest BCUT2D eigenvalue weighted by Crippen LogP contribution is 2.23. The number of benzene rings is 2. The summed E-state index contributed by atoms with van der Waals surface area (Å²) in [6.45, 7) is 0. The summed E-state index contributed by atoms with van der Waals surface area (Å²) in [5.41, 5.74) is 9.47. The summed E-state index contributed by atoms with van der Waals surface area (Å²) in [5, 5.41) is 0. The Morgan fingerprint density at radius 2 is 1.00 bits per heavy atom. The maximum absolute atomic E-state index is 13.5. The van der Waals surface area contributed by atoms with Gasteiger partial charge >= 0.3 is 0 Å². The summed E-state index contributed by atoms with van der Waals surface area (Å²) < 4.78 is 53.5. The maximum atomic E-state index is 13.5. The van der Waals surface area contributed by atoms with Gasteiger partial charge in [-0.25, -0.2) is 17.6 Å². The Morgan fingerprint density at radius 3 is 1.37 bits per heavy atom. The summed E-state index contributed by atoms with van der Waals surface area (Å²) in [7, 11) is 0. The normalized spacial score (nSPS) is 10.7. The molecule has 0 amide bonds. The molecule has 4 N–H and O–H groups in total. The summed E-state index contributed by atoms with van der Waals surface area (Å²) in [4.78, 5) is 0. The van der Waals surface area contributed by atoms with E-state index in [1.165, 1.54) is 0 Å². The lowest BCUT2D eigenvalue weighted by molar-refractivity contribution is 0.578. The number of rotatable bonds is 2. The molecule has 0 radical (unpaired) electrons. The van der Waals surface area contributed by atoms with Crippen LogP contribution in [0.2, 0.25) is 0 Å². The highest BCUT2D eigenvalue weighted by Gasteiger charge is 2.13. The van der Waals surface area contributed by atoms with Crippen molar-refractivity contribution >= 4 is 11.4 Å². The zero-order chi connectivity index (χ0) is 14.2. The molecule has 100 valence electrons. The summed E-state index contributed by atoms with van der Waals surface area (Å²) in [5.74, 6) is -3.19. The van der Waals surface area contributed by atoms with Crippen molar-refractivity contribution in [3.63, 3.8) is 0 Å². The Labute approximate surface area is 106 Å². The smallest absolute Gasteiger partial charge is 0.146 e. The molecule has 2 rings (SSSR count). The molecule has 2 aromatic carbocycles. The molecule has 2 nitrogen and oxygen atoms in total. The molecule has 0 spiro atoms. The fraction of sp³-hybridized carbons (Fsp3) is 0.0769. The largest absolute Gasteiger partial charge is 0.396 e. The molecule has 0 fully saturated rings. The van der Waals surface area contributed by atoms with Gasteiger partial charge in [0, 0.05) is 18.6 Å². The van der Waals surface area contributed by atoms with Gasteiger partial charge in [-0.3, -0.25) is 0 Å². The number of hydrogen-bond acceptors (Lipinski definition) is 2. The van der Waals surface area contributed by atoms with Gasteiger partial charge in [-0.1, -0.05) is 0 Å². The predicted molar refractivity (Wildman–Crippen MR) is 64.3 cm³/mol. The molecule has 6 heteroatoms. The maximum Gasteiger partial charge on any atom is 0.146 e. The lowest BCUT2D eigenvalue weighted by Crippen LogP contribution is -2.02. The van der Waals surface area contributed by atoms with Crippen LogP contribution in [0.3, 0.4) is 0 Å². The minimum absolute atomic E-state index is 0.116. The standard InChI is InChI=1S/C13H10F4N2/c14-8-4-12(18)10(16)2-6(8)1-7-3-11(17)13(19)5-9(7)15/h2-5H,1,18-19H2. The molecule has 0 saturated heterocycles. The van der Waals surface area contributed by atoms with E-state index >= 15 is 0 Å². The van der Waals surface area contributed by atoms with Crippen LogP contribution in [0, 0.1) is 23.3 Å². The van der Waals surface area contributed by atoms with E-state index in [1.807, 2.05) is 0 Å². The van der Waals surface area contributed by atoms with E-state index in [2.05, 4.69) is 0 Å². The first-order valence-corrected chi connectivity index (χ1v) is 5.35. The summed E-state index contributed by atoms with van der Waals surface area (Å²) in [6, 6.07) is 3.32. The Morgan fingerprint density at radius 1 is 0.632 bits per heavy atom. The van der Waals surface area contributed by atoms with Crippen molar-refractivity contribution in [2.75, 3.05) is 11.5 Å². The second-order valence-electron chi connectivity index (χ2n) is 4.11. The van der Waals surface area contributed by atoms with E-state index in [0.29, 0.717) is 0 Å². The fourth-order valence-corrected chi connectivity index (χ4v) is 1.68. The van der Waals surface area contributed by atoms with Crippen molar-refractivity contribution in [1.29, 1.82) is 0 Å². The molecular formula is C13H10F4N2. The third-order valence-electron chi connectivity index (χ3n) is 2.71. The Kier molecular flexibility index (Phi) is 3.33. The first kappa shape index (κ1) is 13.2. The third kappa shape index (κ3) is 2.62. The minimum Gasteiger partial charge on any atom is -0.396 e. The molecule has 0 saturated carbocycles. The van der Waals surface area contributed by atoms with Crippen LogP contribution >= 0.6 is 0 Å². The van der Waals surface area contributed by atoms with Gasteiger partial charge < -0.3 is 11.5 Å². The minimum atomic E-state index is -0.812. The number of halogens is 4. The van der Waals surface area contributed by atoms with E-state index in [9.17, 15) is 17.6 Å². The van der Waals surface area contributed by atoms with Gasteiger partial charge in [0.05, 0.1) is 11.4 Å². The van der Waals surface area contributed by atoms with E-state index in [1.54, 1.807) is 0 Å². The van der Waals surface area contributed by atoms with Gasteiger partial charge in [0.15, 0.2) is 0 Å². The van der Waals surface area contributed by atoms with Crippen molar-refractivity contribution in [2.24, 2.45) is 0 Å². The molecule has 0 aliphatic rings. The first-order valence-electron chi connectivity index (χ1n) is 5.35. The second kappa shape index (κ2) is 4.79. The SMILES string of the molecule is Nc1cc(F)c(Cc2cc(F)c(N)cc2F)cc1F. The molecule has 0 unspecified atom stereocenters. The van der Waals surface area contributed by atoms with E-state index in [4.69, 9.17) is 11.5 Å². The topological polar surface area (TPSA) is 52.0 Å². The van der Waals surface area contributed by atoms with Crippen LogP contribution in [-0.4, -0.2) is 0 Å². The van der Waals surface area contributed by atoms with Gasteiger partial charge in [0.25, 0.3) is 0 Å². The average molecular weight is 270 g/mol. The zero-order valence-electron chi connectivity index (χ0n) is 9.68. The van der Waals surface area contributed by atoms with Gasteiger partial charge in [-0.05, 0) is 23.3 Å². The van der Waals surface area contributed by atoms with E-state index in [-0.39, 0.29) is 28.9 Å². The predicted octanol–water partition coefficient (Wildman–Crippen LogP) is 3.00. The van der Waals surface area contributed by atoms with Crippen molar-refractivity contribution in [3.05, 3.63) is 58.7 Å². The quantitative estimate of drug-likeness (QED) is 0.651. The van der Waals surface area contributed by atoms with Crippen LogP contribution in [0.15, 0.2) is 24.3 Å². The molecule has 0 bridgehead atoms. The van der Waals surface area contributed by atoms with Gasteiger partial charge in [0.2, 0.25) is 0 Å². The van der Waals surface area contributed by atoms with Crippen molar-refractivity contribution < 1.29 is 17.6 Å². The number of nitrogens with two attached hydrogens (primary N) is 2. The molecule has 0 heterocycles. The molecule has 19 heavy (non-hydrogen) atoms. The van der Waals surface area contributed by atoms with Crippen molar-refractivity contribution in [3.8, 4) is 0 Å². The van der Waals surface area contributed by atoms with Gasteiger partial charge in [-0.15, -0.1) is 0 Å². The number of anilines is 2. The molecule has 0 atom stereocenters. The van der Waals surface area contributed by atoms with Crippen LogP contribution in [-0.2, 0) is 6.42 Å². The fourth-order valence-electron chi connectivity index (χ4n) is 1.68. The average Bonchev–Trinajstić information content (AvgIpc) is 2.32. The highest BCUT2D eigenvalue weighted by atomic mass is 19.1. The summed E-state index contributed by atoms with van der Waals surface area (Å²) in [6.07, 6.45) is -0.300. The Hall–Kier alpha value is -2.24. The number of hydrogen-bond donors (Lipinski definition) is 2. The second-order valence-corrected chi connectivity index (χ2v) is 4.11. The molecule has 0 aromatic heterocycles. The lowest BCUT2D eigenvalue weighted by Gasteiger charge is -2.08. The Balaban J connectivity index is 2.42. The van der Waals surface area contributed by atoms with Crippen LogP contribution in [0.5, 0.6) is 0 Å². The zero-order valence-corrected chi connectivity index (χ0v) is 9.68. The van der Waals surface area contributed by atoms with E-state index < -0.39 is 23.3 Å². The van der Waals surface area contributed by atoms with Crippen molar-refractivity contribution in [1.82, 2.24) is 0 Å². The van der Waals surface area contributed by atoms with Crippen LogP contribution < -0.4 is 11.5 Å². The molecule has 2 aromatic rings. The Bertz CT molecular complexity index is 586. The van der Waals surface area contributed by atoms with Crippen LogP contribution in [0.4, 0.5) is 28.9 Å². The molecular weight excluding hydrogens is 260 g/mol. The van der Waals surface area contributed by atoms with Crippen LogP contribution in [0.1, 0.15) is 11.1 Å². The first-order chi connectivity index (χ1) is 8.88. The number of nitrogen functional groups attached to an aromatic ring is 2.